The second-order valence-electron chi connectivity index (χ2n) is 2.77. The van der Waals surface area contributed by atoms with Gasteiger partial charge in [-0.1, -0.05) is 13.3 Å². The third kappa shape index (κ3) is 2.48. The molecule has 1 aromatic heterocycles. The van der Waals surface area contributed by atoms with E-state index >= 15 is 0 Å². The van der Waals surface area contributed by atoms with Gasteiger partial charge in [-0.15, -0.1) is 0 Å². The average Bonchev–Trinajstić information content (AvgIpc) is 2.07. The van der Waals surface area contributed by atoms with Crippen molar-refractivity contribution in [2.24, 2.45) is 0 Å². The number of hydrogen-bond acceptors (Lipinski definition) is 2. The van der Waals surface area contributed by atoms with Crippen LogP contribution in [-0.4, -0.2) is 4.98 Å². The van der Waals surface area contributed by atoms with Gasteiger partial charge in [0.25, 0.3) is 0 Å². The molecule has 0 spiro atoms. The summed E-state index contributed by atoms with van der Waals surface area (Å²) < 4.78 is 0.864. The maximum absolute atomic E-state index is 5.75. The van der Waals surface area contributed by atoms with Crippen LogP contribution in [0.15, 0.2) is 16.7 Å². The quantitative estimate of drug-likeness (QED) is 0.809. The van der Waals surface area contributed by atoms with Gasteiger partial charge in [-0.25, -0.2) is 4.98 Å². The van der Waals surface area contributed by atoms with E-state index in [9.17, 15) is 0 Å². The fraction of sp³-hybridized carbons (Fsp3) is 0.444. The third-order valence-electron chi connectivity index (χ3n) is 1.74. The van der Waals surface area contributed by atoms with Gasteiger partial charge in [0.2, 0.25) is 0 Å². The molecule has 0 aliphatic carbocycles. The van der Waals surface area contributed by atoms with Crippen molar-refractivity contribution in [1.82, 2.24) is 4.98 Å². The molecule has 1 rings (SSSR count). The Hall–Kier alpha value is -0.570. The van der Waals surface area contributed by atoms with E-state index in [1.54, 1.807) is 0 Å². The van der Waals surface area contributed by atoms with E-state index in [1.807, 2.05) is 12.1 Å². The lowest BCUT2D eigenvalue weighted by atomic mass is 10.1. The SMILES string of the molecule is CCCCc1nc(Br)ccc1N. The van der Waals surface area contributed by atoms with Gasteiger partial charge in [0.1, 0.15) is 4.60 Å². The molecule has 1 heterocycles. The molecule has 0 bridgehead atoms. The van der Waals surface area contributed by atoms with Gasteiger partial charge in [0.05, 0.1) is 11.4 Å². The van der Waals surface area contributed by atoms with Crippen LogP contribution in [0.5, 0.6) is 0 Å². The van der Waals surface area contributed by atoms with E-state index in [2.05, 4.69) is 27.8 Å². The lowest BCUT2D eigenvalue weighted by molar-refractivity contribution is 0.777. The van der Waals surface area contributed by atoms with E-state index in [1.165, 1.54) is 6.42 Å². The predicted molar refractivity (Wildman–Crippen MR) is 55.0 cm³/mol. The van der Waals surface area contributed by atoms with E-state index in [-0.39, 0.29) is 0 Å². The fourth-order valence-corrected chi connectivity index (χ4v) is 1.38. The zero-order valence-corrected chi connectivity index (χ0v) is 8.76. The minimum Gasteiger partial charge on any atom is -0.397 e. The molecule has 12 heavy (non-hydrogen) atoms. The Kier molecular flexibility index (Phi) is 3.53. The fourth-order valence-electron chi connectivity index (χ4n) is 1.03. The Morgan fingerprint density at radius 2 is 2.25 bits per heavy atom. The second kappa shape index (κ2) is 4.45. The summed E-state index contributed by atoms with van der Waals surface area (Å²) in [7, 11) is 0. The number of halogens is 1. The highest BCUT2D eigenvalue weighted by molar-refractivity contribution is 9.10. The average molecular weight is 229 g/mol. The van der Waals surface area contributed by atoms with Crippen molar-refractivity contribution >= 4 is 21.6 Å². The number of rotatable bonds is 3. The lowest BCUT2D eigenvalue weighted by Crippen LogP contribution is -1.97. The summed E-state index contributed by atoms with van der Waals surface area (Å²) in [5.74, 6) is 0. The first-order chi connectivity index (χ1) is 5.74. The van der Waals surface area contributed by atoms with Crippen molar-refractivity contribution < 1.29 is 0 Å². The first-order valence-corrected chi connectivity index (χ1v) is 4.94. The Labute approximate surface area is 81.3 Å². The molecule has 2 nitrogen and oxygen atoms in total. The molecule has 0 atom stereocenters. The largest absolute Gasteiger partial charge is 0.397 e. The van der Waals surface area contributed by atoms with Crippen LogP contribution in [0.2, 0.25) is 0 Å². The van der Waals surface area contributed by atoms with Crippen LogP contribution in [0.3, 0.4) is 0 Å². The van der Waals surface area contributed by atoms with Gasteiger partial charge in [0, 0.05) is 0 Å². The lowest BCUT2D eigenvalue weighted by Gasteiger charge is -2.03. The van der Waals surface area contributed by atoms with Crippen LogP contribution in [0.1, 0.15) is 25.5 Å². The van der Waals surface area contributed by atoms with Crippen molar-refractivity contribution in [3.05, 3.63) is 22.4 Å². The Balaban J connectivity index is 2.75. The number of nitrogen functional groups attached to an aromatic ring is 1. The number of pyridine rings is 1. The third-order valence-corrected chi connectivity index (χ3v) is 2.18. The number of aryl methyl sites for hydroxylation is 1. The minimum absolute atomic E-state index is 0.798. The molecule has 0 saturated carbocycles. The number of unbranched alkanes of at least 4 members (excludes halogenated alkanes) is 1. The Morgan fingerprint density at radius 3 is 2.92 bits per heavy atom. The van der Waals surface area contributed by atoms with Gasteiger partial charge in [0.15, 0.2) is 0 Å². The first kappa shape index (κ1) is 9.52. The number of nitrogens with two attached hydrogens (primary N) is 1. The topological polar surface area (TPSA) is 38.9 Å². The van der Waals surface area contributed by atoms with Crippen LogP contribution in [0.25, 0.3) is 0 Å². The molecule has 1 aromatic rings. The summed E-state index contributed by atoms with van der Waals surface area (Å²) in [6, 6.07) is 3.76. The van der Waals surface area contributed by atoms with Gasteiger partial charge in [-0.05, 0) is 40.9 Å². The van der Waals surface area contributed by atoms with E-state index in [4.69, 9.17) is 5.73 Å². The van der Waals surface area contributed by atoms with Crippen LogP contribution >= 0.6 is 15.9 Å². The molecule has 0 saturated heterocycles. The van der Waals surface area contributed by atoms with E-state index in [0.29, 0.717) is 0 Å². The van der Waals surface area contributed by atoms with Crippen LogP contribution < -0.4 is 5.73 Å². The predicted octanol–water partition coefficient (Wildman–Crippen LogP) is 2.77. The van der Waals surface area contributed by atoms with Crippen molar-refractivity contribution in [3.8, 4) is 0 Å². The zero-order chi connectivity index (χ0) is 8.97. The molecule has 2 N–H and O–H groups in total. The maximum atomic E-state index is 5.75. The van der Waals surface area contributed by atoms with Crippen molar-refractivity contribution in [3.63, 3.8) is 0 Å². The second-order valence-corrected chi connectivity index (χ2v) is 3.59. The molecule has 0 fully saturated rings. The van der Waals surface area contributed by atoms with Crippen molar-refractivity contribution in [2.75, 3.05) is 5.73 Å². The molecule has 66 valence electrons. The number of aromatic nitrogens is 1. The van der Waals surface area contributed by atoms with E-state index < -0.39 is 0 Å². The van der Waals surface area contributed by atoms with Crippen molar-refractivity contribution in [2.45, 2.75) is 26.2 Å². The molecule has 0 radical (unpaired) electrons. The minimum atomic E-state index is 0.798. The summed E-state index contributed by atoms with van der Waals surface area (Å²) >= 11 is 3.32. The smallest absolute Gasteiger partial charge is 0.106 e. The molecule has 3 heteroatoms. The van der Waals surface area contributed by atoms with Crippen LogP contribution in [-0.2, 0) is 6.42 Å². The molecule has 0 unspecified atom stereocenters. The highest BCUT2D eigenvalue weighted by atomic mass is 79.9. The molecule has 0 amide bonds. The molecular weight excluding hydrogens is 216 g/mol. The van der Waals surface area contributed by atoms with Gasteiger partial charge < -0.3 is 5.73 Å². The van der Waals surface area contributed by atoms with Crippen LogP contribution in [0.4, 0.5) is 5.69 Å². The molecule has 0 aliphatic heterocycles. The zero-order valence-electron chi connectivity index (χ0n) is 7.18. The highest BCUT2D eigenvalue weighted by Crippen LogP contribution is 2.15. The van der Waals surface area contributed by atoms with Crippen molar-refractivity contribution in [1.29, 1.82) is 0 Å². The summed E-state index contributed by atoms with van der Waals surface area (Å²) in [6.45, 7) is 2.16. The normalized spacial score (nSPS) is 10.2. The van der Waals surface area contributed by atoms with E-state index in [0.717, 1.165) is 28.8 Å². The number of nitrogens with zero attached hydrogens (tertiary/aromatic N) is 1. The first-order valence-electron chi connectivity index (χ1n) is 4.15. The standard InChI is InChI=1S/C9H13BrN2/c1-2-3-4-8-7(11)5-6-9(10)12-8/h5-6H,2-4,11H2,1H3. The Morgan fingerprint density at radius 1 is 1.50 bits per heavy atom. The molecule has 0 aromatic carbocycles. The number of anilines is 1. The monoisotopic (exact) mass is 228 g/mol. The van der Waals surface area contributed by atoms with Gasteiger partial charge in [-0.3, -0.25) is 0 Å². The number of hydrogen-bond donors (Lipinski definition) is 1. The summed E-state index contributed by atoms with van der Waals surface area (Å²) in [5.41, 5.74) is 7.55. The Bertz CT molecular complexity index is 261. The summed E-state index contributed by atoms with van der Waals surface area (Å²) in [6.07, 6.45) is 3.29. The maximum Gasteiger partial charge on any atom is 0.106 e. The highest BCUT2D eigenvalue weighted by Gasteiger charge is 2.00. The molecular formula is C9H13BrN2. The summed E-state index contributed by atoms with van der Waals surface area (Å²) in [5, 5.41) is 0. The summed E-state index contributed by atoms with van der Waals surface area (Å²) in [4.78, 5) is 4.30. The van der Waals surface area contributed by atoms with Crippen LogP contribution in [0, 0.1) is 0 Å². The van der Waals surface area contributed by atoms with Gasteiger partial charge >= 0.3 is 0 Å². The molecule has 0 aliphatic rings. The van der Waals surface area contributed by atoms with Gasteiger partial charge in [-0.2, -0.15) is 0 Å².